The summed E-state index contributed by atoms with van der Waals surface area (Å²) in [6.07, 6.45) is 5.63. The number of rotatable bonds is 6. The summed E-state index contributed by atoms with van der Waals surface area (Å²) in [5, 5.41) is 3.21. The normalized spacial score (nSPS) is 19.1. The number of aromatic nitrogens is 4. The third-order valence-electron chi connectivity index (χ3n) is 3.09. The van der Waals surface area contributed by atoms with Crippen LogP contribution in [0.5, 0.6) is 0 Å². The van der Waals surface area contributed by atoms with E-state index in [1.165, 1.54) is 6.33 Å². The smallest absolute Gasteiger partial charge is 0.182 e. The molecule has 0 amide bonds. The molecular weight excluding hydrogens is 246 g/mol. The first kappa shape index (κ1) is 12.3. The van der Waals surface area contributed by atoms with Crippen LogP contribution in [0.15, 0.2) is 12.7 Å². The van der Waals surface area contributed by atoms with Gasteiger partial charge in [-0.2, -0.15) is 0 Å². The molecule has 0 bridgehead atoms. The number of aromatic amines is 1. The summed E-state index contributed by atoms with van der Waals surface area (Å²) in [7, 11) is 0. The van der Waals surface area contributed by atoms with Gasteiger partial charge in [-0.25, -0.2) is 15.0 Å². The maximum absolute atomic E-state index is 5.58. The van der Waals surface area contributed by atoms with Gasteiger partial charge in [-0.1, -0.05) is 0 Å². The van der Waals surface area contributed by atoms with Gasteiger partial charge in [-0.15, -0.1) is 0 Å². The molecule has 0 aliphatic carbocycles. The zero-order valence-electron chi connectivity index (χ0n) is 10.6. The van der Waals surface area contributed by atoms with Gasteiger partial charge in [0.15, 0.2) is 11.5 Å². The van der Waals surface area contributed by atoms with E-state index in [-0.39, 0.29) is 6.10 Å². The zero-order chi connectivity index (χ0) is 12.9. The van der Waals surface area contributed by atoms with Gasteiger partial charge in [-0.05, 0) is 12.8 Å². The van der Waals surface area contributed by atoms with Crippen LogP contribution in [0.1, 0.15) is 12.8 Å². The van der Waals surface area contributed by atoms with Gasteiger partial charge >= 0.3 is 0 Å². The minimum Gasteiger partial charge on any atom is -0.377 e. The second kappa shape index (κ2) is 5.94. The highest BCUT2D eigenvalue weighted by atomic mass is 16.5. The highest BCUT2D eigenvalue weighted by Crippen LogP contribution is 2.14. The van der Waals surface area contributed by atoms with Gasteiger partial charge in [0.05, 0.1) is 25.6 Å². The summed E-state index contributed by atoms with van der Waals surface area (Å²) in [5.74, 6) is 0.753. The second-order valence-corrected chi connectivity index (χ2v) is 4.46. The van der Waals surface area contributed by atoms with Crippen molar-refractivity contribution < 1.29 is 9.47 Å². The molecule has 1 aliphatic heterocycles. The Morgan fingerprint density at radius 2 is 2.42 bits per heavy atom. The number of imidazole rings is 1. The lowest BCUT2D eigenvalue weighted by Crippen LogP contribution is -2.18. The van der Waals surface area contributed by atoms with Crippen LogP contribution in [-0.2, 0) is 9.47 Å². The molecule has 102 valence electrons. The zero-order valence-corrected chi connectivity index (χ0v) is 10.6. The number of nitrogens with one attached hydrogen (secondary N) is 2. The maximum atomic E-state index is 5.58. The monoisotopic (exact) mass is 263 g/mol. The standard InChI is InChI=1S/C12H17N5O2/c1-2-9(19-4-1)6-18-5-3-13-11-10-12(15-7-14-10)17-8-16-11/h7-9H,1-6H2,(H2,13,14,15,16,17). The molecule has 0 saturated carbocycles. The number of nitrogens with zero attached hydrogens (tertiary/aromatic N) is 3. The topological polar surface area (TPSA) is 85.0 Å². The number of ether oxygens (including phenoxy) is 2. The number of hydrogen-bond acceptors (Lipinski definition) is 6. The molecule has 1 saturated heterocycles. The van der Waals surface area contributed by atoms with E-state index in [2.05, 4.69) is 25.3 Å². The molecular formula is C12H17N5O2. The lowest BCUT2D eigenvalue weighted by atomic mass is 10.2. The molecule has 1 fully saturated rings. The first-order valence-electron chi connectivity index (χ1n) is 6.51. The minimum absolute atomic E-state index is 0.276. The summed E-state index contributed by atoms with van der Waals surface area (Å²) in [4.78, 5) is 15.3. The molecule has 2 aromatic rings. The average molecular weight is 263 g/mol. The highest BCUT2D eigenvalue weighted by molar-refractivity contribution is 5.81. The van der Waals surface area contributed by atoms with Crippen molar-refractivity contribution in [3.05, 3.63) is 12.7 Å². The molecule has 1 unspecified atom stereocenters. The fourth-order valence-corrected chi connectivity index (χ4v) is 2.13. The molecule has 2 N–H and O–H groups in total. The Bertz CT molecular complexity index is 524. The largest absolute Gasteiger partial charge is 0.377 e. The number of fused-ring (bicyclic) bond motifs is 1. The van der Waals surface area contributed by atoms with Crippen LogP contribution in [0.25, 0.3) is 11.2 Å². The van der Waals surface area contributed by atoms with Gasteiger partial charge in [0.25, 0.3) is 0 Å². The summed E-state index contributed by atoms with van der Waals surface area (Å²) >= 11 is 0. The van der Waals surface area contributed by atoms with Crippen molar-refractivity contribution in [2.24, 2.45) is 0 Å². The second-order valence-electron chi connectivity index (χ2n) is 4.46. The lowest BCUT2D eigenvalue weighted by Gasteiger charge is -2.10. The van der Waals surface area contributed by atoms with Crippen LogP contribution in [0.3, 0.4) is 0 Å². The highest BCUT2D eigenvalue weighted by Gasteiger charge is 2.15. The average Bonchev–Trinajstić information content (AvgIpc) is 3.09. The summed E-state index contributed by atoms with van der Waals surface area (Å²) in [6, 6.07) is 0. The first-order valence-corrected chi connectivity index (χ1v) is 6.51. The molecule has 0 aromatic carbocycles. The van der Waals surface area contributed by atoms with Crippen molar-refractivity contribution in [2.75, 3.05) is 31.7 Å². The van der Waals surface area contributed by atoms with Crippen molar-refractivity contribution in [1.29, 1.82) is 0 Å². The number of hydrogen-bond donors (Lipinski definition) is 2. The SMILES string of the molecule is c1nc(NCCOCC2CCCO2)c2[nH]cnc2n1. The Morgan fingerprint density at radius 3 is 3.32 bits per heavy atom. The van der Waals surface area contributed by atoms with Crippen molar-refractivity contribution in [3.8, 4) is 0 Å². The molecule has 7 heteroatoms. The fourth-order valence-electron chi connectivity index (χ4n) is 2.13. The van der Waals surface area contributed by atoms with E-state index in [0.717, 1.165) is 30.8 Å². The summed E-state index contributed by atoms with van der Waals surface area (Å²) in [5.41, 5.74) is 1.49. The minimum atomic E-state index is 0.276. The lowest BCUT2D eigenvalue weighted by molar-refractivity contribution is 0.0206. The molecule has 7 nitrogen and oxygen atoms in total. The van der Waals surface area contributed by atoms with Gasteiger partial charge < -0.3 is 19.8 Å². The van der Waals surface area contributed by atoms with Crippen LogP contribution in [0.2, 0.25) is 0 Å². The van der Waals surface area contributed by atoms with E-state index in [4.69, 9.17) is 9.47 Å². The predicted molar refractivity (Wildman–Crippen MR) is 70.0 cm³/mol. The first-order chi connectivity index (χ1) is 9.43. The van der Waals surface area contributed by atoms with Crippen molar-refractivity contribution in [2.45, 2.75) is 18.9 Å². The fraction of sp³-hybridized carbons (Fsp3) is 0.583. The van der Waals surface area contributed by atoms with E-state index < -0.39 is 0 Å². The third kappa shape index (κ3) is 2.99. The van der Waals surface area contributed by atoms with E-state index >= 15 is 0 Å². The molecule has 0 spiro atoms. The molecule has 19 heavy (non-hydrogen) atoms. The number of H-pyrrole nitrogens is 1. The molecule has 0 radical (unpaired) electrons. The van der Waals surface area contributed by atoms with Crippen LogP contribution < -0.4 is 5.32 Å². The third-order valence-corrected chi connectivity index (χ3v) is 3.09. The number of anilines is 1. The Kier molecular flexibility index (Phi) is 3.85. The Balaban J connectivity index is 1.43. The van der Waals surface area contributed by atoms with Crippen molar-refractivity contribution >= 4 is 17.0 Å². The van der Waals surface area contributed by atoms with Crippen LogP contribution in [0, 0.1) is 0 Å². The molecule has 1 atom stereocenters. The van der Waals surface area contributed by atoms with Crippen LogP contribution in [-0.4, -0.2) is 52.4 Å². The molecule has 3 rings (SSSR count). The molecule has 3 heterocycles. The summed E-state index contributed by atoms with van der Waals surface area (Å²) in [6.45, 7) is 2.85. The maximum Gasteiger partial charge on any atom is 0.182 e. The van der Waals surface area contributed by atoms with E-state index in [0.29, 0.717) is 25.4 Å². The van der Waals surface area contributed by atoms with Gasteiger partial charge in [0.2, 0.25) is 0 Å². The van der Waals surface area contributed by atoms with Crippen LogP contribution >= 0.6 is 0 Å². The Morgan fingerprint density at radius 1 is 1.42 bits per heavy atom. The Hall–Kier alpha value is -1.73. The predicted octanol–water partition coefficient (Wildman–Crippen LogP) is 0.960. The van der Waals surface area contributed by atoms with E-state index in [9.17, 15) is 0 Å². The van der Waals surface area contributed by atoms with E-state index in [1.54, 1.807) is 6.33 Å². The molecule has 1 aliphatic rings. The summed E-state index contributed by atoms with van der Waals surface area (Å²) < 4.78 is 11.1. The van der Waals surface area contributed by atoms with Gasteiger partial charge in [0, 0.05) is 13.2 Å². The van der Waals surface area contributed by atoms with Gasteiger partial charge in [-0.3, -0.25) is 0 Å². The van der Waals surface area contributed by atoms with Gasteiger partial charge in [0.1, 0.15) is 11.8 Å². The molecule has 2 aromatic heterocycles. The quantitative estimate of drug-likeness (QED) is 0.755. The Labute approximate surface area is 110 Å². The van der Waals surface area contributed by atoms with Crippen LogP contribution in [0.4, 0.5) is 5.82 Å². The van der Waals surface area contributed by atoms with Crippen molar-refractivity contribution in [3.63, 3.8) is 0 Å². The van der Waals surface area contributed by atoms with E-state index in [1.807, 2.05) is 0 Å². The van der Waals surface area contributed by atoms with Crippen molar-refractivity contribution in [1.82, 2.24) is 19.9 Å².